The molecule has 2 N–H and O–H groups in total. The molecule has 2 amide bonds. The number of hydrogen-bond acceptors (Lipinski definition) is 5. The number of hydrazone groups is 1. The van der Waals surface area contributed by atoms with Gasteiger partial charge in [0.15, 0.2) is 0 Å². The molecule has 2 rings (SSSR count). The first-order valence-corrected chi connectivity index (χ1v) is 9.02. The summed E-state index contributed by atoms with van der Waals surface area (Å²) in [4.78, 5) is 24.4. The molecule has 0 aliphatic heterocycles. The van der Waals surface area contributed by atoms with Gasteiger partial charge in [-0.05, 0) is 56.3 Å². The highest BCUT2D eigenvalue weighted by molar-refractivity contribution is 6.30. The number of nitrogens with one attached hydrogen (secondary N) is 2. The molecule has 1 unspecified atom stereocenters. The van der Waals surface area contributed by atoms with Crippen molar-refractivity contribution in [3.63, 3.8) is 0 Å². The van der Waals surface area contributed by atoms with E-state index in [0.717, 1.165) is 0 Å². The molecule has 0 radical (unpaired) electrons. The fourth-order valence-corrected chi connectivity index (χ4v) is 2.44. The smallest absolute Gasteiger partial charge is 0.262 e. The van der Waals surface area contributed by atoms with Crippen LogP contribution in [0, 0.1) is 0 Å². The van der Waals surface area contributed by atoms with E-state index in [1.165, 1.54) is 6.21 Å². The van der Waals surface area contributed by atoms with Crippen LogP contribution >= 0.6 is 11.6 Å². The van der Waals surface area contributed by atoms with E-state index in [9.17, 15) is 9.59 Å². The Morgan fingerprint density at radius 3 is 2.57 bits per heavy atom. The molecule has 0 saturated heterocycles. The summed E-state index contributed by atoms with van der Waals surface area (Å²) in [6, 6.07) is 10.9. The van der Waals surface area contributed by atoms with Gasteiger partial charge in [-0.1, -0.05) is 11.6 Å². The Labute approximate surface area is 168 Å². The molecule has 0 aliphatic carbocycles. The van der Waals surface area contributed by atoms with E-state index in [-0.39, 0.29) is 5.91 Å². The van der Waals surface area contributed by atoms with E-state index in [2.05, 4.69) is 15.8 Å². The van der Waals surface area contributed by atoms with Crippen LogP contribution in [-0.2, 0) is 4.79 Å². The van der Waals surface area contributed by atoms with Gasteiger partial charge in [0.25, 0.3) is 11.8 Å². The Kier molecular flexibility index (Phi) is 7.83. The Bertz CT molecular complexity index is 853. The first kappa shape index (κ1) is 21.2. The lowest BCUT2D eigenvalue weighted by molar-refractivity contribution is -0.122. The zero-order valence-corrected chi connectivity index (χ0v) is 16.6. The molecular formula is C20H22ClN3O4. The van der Waals surface area contributed by atoms with Crippen molar-refractivity contribution in [2.45, 2.75) is 19.9 Å². The van der Waals surface area contributed by atoms with Crippen molar-refractivity contribution in [2.75, 3.05) is 13.7 Å². The topological polar surface area (TPSA) is 89.0 Å². The summed E-state index contributed by atoms with van der Waals surface area (Å²) in [7, 11) is 1.54. The Balaban J connectivity index is 1.94. The van der Waals surface area contributed by atoms with Gasteiger partial charge in [-0.15, -0.1) is 0 Å². The lowest BCUT2D eigenvalue weighted by atomic mass is 10.2. The van der Waals surface area contributed by atoms with Crippen LogP contribution in [0.5, 0.6) is 11.5 Å². The maximum absolute atomic E-state index is 12.2. The third kappa shape index (κ3) is 5.99. The van der Waals surface area contributed by atoms with Crippen LogP contribution in [0.15, 0.2) is 47.6 Å². The second kappa shape index (κ2) is 10.3. The number of halogens is 1. The lowest BCUT2D eigenvalue weighted by Gasteiger charge is -2.12. The average molecular weight is 404 g/mol. The van der Waals surface area contributed by atoms with E-state index in [0.29, 0.717) is 34.3 Å². The third-order valence-corrected chi connectivity index (χ3v) is 3.98. The molecule has 0 saturated carbocycles. The molecule has 28 heavy (non-hydrogen) atoms. The lowest BCUT2D eigenvalue weighted by Crippen LogP contribution is -2.43. The summed E-state index contributed by atoms with van der Waals surface area (Å²) in [6.07, 6.45) is 1.44. The van der Waals surface area contributed by atoms with Crippen molar-refractivity contribution in [1.82, 2.24) is 10.7 Å². The van der Waals surface area contributed by atoms with Crippen LogP contribution in [0.4, 0.5) is 0 Å². The highest BCUT2D eigenvalue weighted by Gasteiger charge is 2.16. The molecular weight excluding hydrogens is 382 g/mol. The van der Waals surface area contributed by atoms with Gasteiger partial charge in [0.05, 0.1) is 19.9 Å². The summed E-state index contributed by atoms with van der Waals surface area (Å²) in [5, 5.41) is 7.05. The summed E-state index contributed by atoms with van der Waals surface area (Å²) in [5.41, 5.74) is 3.44. The zero-order valence-electron chi connectivity index (χ0n) is 15.9. The quantitative estimate of drug-likeness (QED) is 0.523. The standard InChI is InChI=1S/C20H22ClN3O4/c1-4-28-18-10-7-16(21)11-15(18)12-22-24-19(25)13(2)23-20(26)14-5-8-17(27-3)9-6-14/h5-13H,4H2,1-3H3,(H,23,26)(H,24,25). The van der Waals surface area contributed by atoms with Gasteiger partial charge < -0.3 is 14.8 Å². The largest absolute Gasteiger partial charge is 0.497 e. The summed E-state index contributed by atoms with van der Waals surface area (Å²) < 4.78 is 10.5. The highest BCUT2D eigenvalue weighted by Crippen LogP contribution is 2.21. The average Bonchev–Trinajstić information content (AvgIpc) is 2.69. The molecule has 0 heterocycles. The van der Waals surface area contributed by atoms with Crippen molar-refractivity contribution < 1.29 is 19.1 Å². The normalized spacial score (nSPS) is 11.7. The molecule has 0 bridgehead atoms. The minimum atomic E-state index is -0.780. The molecule has 2 aromatic carbocycles. The number of nitrogens with zero attached hydrogens (tertiary/aromatic N) is 1. The van der Waals surface area contributed by atoms with E-state index >= 15 is 0 Å². The molecule has 148 valence electrons. The summed E-state index contributed by atoms with van der Waals surface area (Å²) in [6.45, 7) is 3.92. The van der Waals surface area contributed by atoms with Gasteiger partial charge in [0.1, 0.15) is 17.5 Å². The highest BCUT2D eigenvalue weighted by atomic mass is 35.5. The number of methoxy groups -OCH3 is 1. The Hall–Kier alpha value is -3.06. The predicted molar refractivity (Wildman–Crippen MR) is 108 cm³/mol. The van der Waals surface area contributed by atoms with Crippen molar-refractivity contribution >= 4 is 29.6 Å². The second-order valence-corrected chi connectivity index (χ2v) is 6.21. The van der Waals surface area contributed by atoms with Crippen molar-refractivity contribution in [3.05, 3.63) is 58.6 Å². The van der Waals surface area contributed by atoms with Crippen molar-refractivity contribution in [2.24, 2.45) is 5.10 Å². The van der Waals surface area contributed by atoms with Gasteiger partial charge in [-0.3, -0.25) is 9.59 Å². The van der Waals surface area contributed by atoms with Crippen LogP contribution in [0.3, 0.4) is 0 Å². The molecule has 2 aromatic rings. The van der Waals surface area contributed by atoms with Gasteiger partial charge in [-0.25, -0.2) is 5.43 Å². The van der Waals surface area contributed by atoms with E-state index in [1.807, 2.05) is 6.92 Å². The second-order valence-electron chi connectivity index (χ2n) is 5.77. The molecule has 0 aromatic heterocycles. The number of hydrogen-bond donors (Lipinski definition) is 2. The van der Waals surface area contributed by atoms with Gasteiger partial charge in [0.2, 0.25) is 0 Å². The van der Waals surface area contributed by atoms with E-state index in [4.69, 9.17) is 21.1 Å². The molecule has 0 fully saturated rings. The molecule has 0 aliphatic rings. The Morgan fingerprint density at radius 1 is 1.21 bits per heavy atom. The molecule has 7 nitrogen and oxygen atoms in total. The predicted octanol–water partition coefficient (Wildman–Crippen LogP) is 3.02. The maximum Gasteiger partial charge on any atom is 0.262 e. The van der Waals surface area contributed by atoms with Gasteiger partial charge in [0, 0.05) is 16.1 Å². The van der Waals surface area contributed by atoms with Crippen LogP contribution in [0.2, 0.25) is 5.02 Å². The first-order valence-electron chi connectivity index (χ1n) is 8.64. The van der Waals surface area contributed by atoms with Crippen molar-refractivity contribution in [3.8, 4) is 11.5 Å². The van der Waals surface area contributed by atoms with Gasteiger partial charge >= 0.3 is 0 Å². The number of carbonyl (C=O) groups is 2. The molecule has 8 heteroatoms. The third-order valence-electron chi connectivity index (χ3n) is 3.74. The fraction of sp³-hybridized carbons (Fsp3) is 0.250. The fourth-order valence-electron chi connectivity index (χ4n) is 2.26. The minimum Gasteiger partial charge on any atom is -0.497 e. The SMILES string of the molecule is CCOc1ccc(Cl)cc1C=NNC(=O)C(C)NC(=O)c1ccc(OC)cc1. The number of benzene rings is 2. The van der Waals surface area contributed by atoms with Crippen LogP contribution in [0.1, 0.15) is 29.8 Å². The number of rotatable bonds is 8. The van der Waals surface area contributed by atoms with Crippen LogP contribution < -0.4 is 20.2 Å². The first-order chi connectivity index (χ1) is 13.4. The number of amides is 2. The van der Waals surface area contributed by atoms with Crippen LogP contribution in [0.25, 0.3) is 0 Å². The maximum atomic E-state index is 12.2. The molecule has 0 spiro atoms. The number of carbonyl (C=O) groups excluding carboxylic acids is 2. The van der Waals surface area contributed by atoms with E-state index in [1.54, 1.807) is 56.5 Å². The Morgan fingerprint density at radius 2 is 1.93 bits per heavy atom. The van der Waals surface area contributed by atoms with E-state index < -0.39 is 11.9 Å². The molecule has 1 atom stereocenters. The minimum absolute atomic E-state index is 0.372. The number of ether oxygens (including phenoxy) is 2. The summed E-state index contributed by atoms with van der Waals surface area (Å²) in [5.74, 6) is 0.413. The summed E-state index contributed by atoms with van der Waals surface area (Å²) >= 11 is 5.98. The monoisotopic (exact) mass is 403 g/mol. The van der Waals surface area contributed by atoms with Gasteiger partial charge in [-0.2, -0.15) is 5.10 Å². The van der Waals surface area contributed by atoms with Crippen LogP contribution in [-0.4, -0.2) is 37.8 Å². The van der Waals surface area contributed by atoms with Crippen molar-refractivity contribution in [1.29, 1.82) is 0 Å². The zero-order chi connectivity index (χ0) is 20.5.